The molecule has 0 amide bonds. The maximum Gasteiger partial charge on any atom is 0.160 e. The normalized spacial score (nSPS) is 11.4. The zero-order valence-electron chi connectivity index (χ0n) is 9.85. The summed E-state index contributed by atoms with van der Waals surface area (Å²) in [7, 11) is 0. The quantitative estimate of drug-likeness (QED) is 0.779. The van der Waals surface area contributed by atoms with Gasteiger partial charge in [-0.3, -0.25) is 4.40 Å². The van der Waals surface area contributed by atoms with E-state index in [1.165, 1.54) is 6.42 Å². The Labute approximate surface area is 95.7 Å². The number of pyridine rings is 1. The standard InChI is InChI=1S/C12H18N4/c1-10(2)6-7-13-9-12-15-14-11-5-3-4-8-16(11)12/h3-5,8,10,13H,6-7,9H2,1-2H3. The molecule has 0 aliphatic heterocycles. The minimum Gasteiger partial charge on any atom is -0.310 e. The molecule has 86 valence electrons. The topological polar surface area (TPSA) is 42.2 Å². The molecule has 0 fully saturated rings. The first-order chi connectivity index (χ1) is 7.77. The van der Waals surface area contributed by atoms with Gasteiger partial charge in [-0.25, -0.2) is 0 Å². The summed E-state index contributed by atoms with van der Waals surface area (Å²) in [4.78, 5) is 0. The Bertz CT molecular complexity index is 447. The van der Waals surface area contributed by atoms with E-state index in [4.69, 9.17) is 0 Å². The first-order valence-corrected chi connectivity index (χ1v) is 5.76. The van der Waals surface area contributed by atoms with Gasteiger partial charge in [-0.15, -0.1) is 10.2 Å². The second-order valence-corrected chi connectivity index (χ2v) is 4.40. The Morgan fingerprint density at radius 1 is 1.31 bits per heavy atom. The molecule has 0 bridgehead atoms. The van der Waals surface area contributed by atoms with Crippen molar-refractivity contribution in [3.05, 3.63) is 30.2 Å². The number of hydrogen-bond donors (Lipinski definition) is 1. The number of hydrogen-bond acceptors (Lipinski definition) is 3. The number of nitrogens with zero attached hydrogens (tertiary/aromatic N) is 3. The lowest BCUT2D eigenvalue weighted by molar-refractivity contribution is 0.530. The van der Waals surface area contributed by atoms with Gasteiger partial charge in [0.1, 0.15) is 0 Å². The van der Waals surface area contributed by atoms with Crippen molar-refractivity contribution in [2.45, 2.75) is 26.8 Å². The monoisotopic (exact) mass is 218 g/mol. The molecule has 2 aromatic heterocycles. The van der Waals surface area contributed by atoms with Crippen LogP contribution in [0.2, 0.25) is 0 Å². The molecule has 0 unspecified atom stereocenters. The molecule has 1 N–H and O–H groups in total. The van der Waals surface area contributed by atoms with Gasteiger partial charge in [0.2, 0.25) is 0 Å². The largest absolute Gasteiger partial charge is 0.310 e. The van der Waals surface area contributed by atoms with E-state index in [0.717, 1.165) is 30.5 Å². The van der Waals surface area contributed by atoms with E-state index in [1.807, 2.05) is 28.8 Å². The van der Waals surface area contributed by atoms with Crippen molar-refractivity contribution in [1.82, 2.24) is 19.9 Å². The van der Waals surface area contributed by atoms with Crippen molar-refractivity contribution in [1.29, 1.82) is 0 Å². The van der Waals surface area contributed by atoms with Crippen molar-refractivity contribution < 1.29 is 0 Å². The third-order valence-electron chi connectivity index (χ3n) is 2.57. The maximum absolute atomic E-state index is 4.16. The third kappa shape index (κ3) is 2.58. The number of fused-ring (bicyclic) bond motifs is 1. The van der Waals surface area contributed by atoms with Crippen LogP contribution >= 0.6 is 0 Å². The van der Waals surface area contributed by atoms with Crippen molar-refractivity contribution in [2.24, 2.45) is 5.92 Å². The molecular weight excluding hydrogens is 200 g/mol. The fourth-order valence-corrected chi connectivity index (χ4v) is 1.60. The van der Waals surface area contributed by atoms with E-state index < -0.39 is 0 Å². The Hall–Kier alpha value is -1.42. The van der Waals surface area contributed by atoms with E-state index in [-0.39, 0.29) is 0 Å². The van der Waals surface area contributed by atoms with E-state index in [1.54, 1.807) is 0 Å². The second kappa shape index (κ2) is 5.07. The Balaban J connectivity index is 1.94. The van der Waals surface area contributed by atoms with Gasteiger partial charge in [0.15, 0.2) is 11.5 Å². The highest BCUT2D eigenvalue weighted by Crippen LogP contribution is 2.02. The number of nitrogens with one attached hydrogen (secondary N) is 1. The van der Waals surface area contributed by atoms with Crippen LogP contribution in [0.15, 0.2) is 24.4 Å². The van der Waals surface area contributed by atoms with E-state index >= 15 is 0 Å². The zero-order valence-corrected chi connectivity index (χ0v) is 9.85. The summed E-state index contributed by atoms with van der Waals surface area (Å²) in [6, 6.07) is 5.93. The molecule has 0 aliphatic rings. The fourth-order valence-electron chi connectivity index (χ4n) is 1.60. The molecule has 0 saturated heterocycles. The number of rotatable bonds is 5. The van der Waals surface area contributed by atoms with Gasteiger partial charge in [0.25, 0.3) is 0 Å². The summed E-state index contributed by atoms with van der Waals surface area (Å²) in [6.45, 7) is 6.26. The Morgan fingerprint density at radius 3 is 3.00 bits per heavy atom. The predicted octanol–water partition coefficient (Wildman–Crippen LogP) is 1.86. The SMILES string of the molecule is CC(C)CCNCc1nnc2ccccn12. The molecule has 0 radical (unpaired) electrons. The molecule has 2 rings (SSSR count). The van der Waals surface area contributed by atoms with Gasteiger partial charge in [-0.05, 0) is 31.0 Å². The molecule has 0 saturated carbocycles. The van der Waals surface area contributed by atoms with Crippen LogP contribution in [0.3, 0.4) is 0 Å². The lowest BCUT2D eigenvalue weighted by Gasteiger charge is -2.05. The molecule has 4 heteroatoms. The number of aromatic nitrogens is 3. The summed E-state index contributed by atoms with van der Waals surface area (Å²) < 4.78 is 2.02. The summed E-state index contributed by atoms with van der Waals surface area (Å²) in [5.41, 5.74) is 0.906. The van der Waals surface area contributed by atoms with Crippen molar-refractivity contribution in [3.63, 3.8) is 0 Å². The van der Waals surface area contributed by atoms with Gasteiger partial charge in [-0.2, -0.15) is 0 Å². The van der Waals surface area contributed by atoms with Crippen LogP contribution < -0.4 is 5.32 Å². The van der Waals surface area contributed by atoms with Crippen LogP contribution in [0.5, 0.6) is 0 Å². The molecule has 4 nitrogen and oxygen atoms in total. The molecule has 16 heavy (non-hydrogen) atoms. The summed E-state index contributed by atoms with van der Waals surface area (Å²) in [5.74, 6) is 1.71. The lowest BCUT2D eigenvalue weighted by Crippen LogP contribution is -2.18. The van der Waals surface area contributed by atoms with Crippen LogP contribution in [0.25, 0.3) is 5.65 Å². The Morgan fingerprint density at radius 2 is 2.19 bits per heavy atom. The average molecular weight is 218 g/mol. The summed E-state index contributed by atoms with van der Waals surface area (Å²) >= 11 is 0. The van der Waals surface area contributed by atoms with Gasteiger partial charge in [0, 0.05) is 6.20 Å². The first-order valence-electron chi connectivity index (χ1n) is 5.76. The molecule has 0 atom stereocenters. The third-order valence-corrected chi connectivity index (χ3v) is 2.57. The Kier molecular flexibility index (Phi) is 3.51. The molecule has 0 spiro atoms. The van der Waals surface area contributed by atoms with E-state index in [2.05, 4.69) is 29.4 Å². The summed E-state index contributed by atoms with van der Waals surface area (Å²) in [5, 5.41) is 11.7. The lowest BCUT2D eigenvalue weighted by atomic mass is 10.1. The molecule has 2 heterocycles. The predicted molar refractivity (Wildman–Crippen MR) is 64.1 cm³/mol. The second-order valence-electron chi connectivity index (χ2n) is 4.40. The highest BCUT2D eigenvalue weighted by molar-refractivity contribution is 5.36. The van der Waals surface area contributed by atoms with Crippen LogP contribution in [0.1, 0.15) is 26.1 Å². The van der Waals surface area contributed by atoms with Gasteiger partial charge >= 0.3 is 0 Å². The van der Waals surface area contributed by atoms with Gasteiger partial charge in [0.05, 0.1) is 6.54 Å². The van der Waals surface area contributed by atoms with Crippen LogP contribution in [-0.4, -0.2) is 21.1 Å². The zero-order chi connectivity index (χ0) is 11.4. The van der Waals surface area contributed by atoms with Crippen LogP contribution in [0, 0.1) is 5.92 Å². The highest BCUT2D eigenvalue weighted by atomic mass is 15.3. The average Bonchev–Trinajstić information content (AvgIpc) is 2.68. The molecule has 0 aliphatic carbocycles. The van der Waals surface area contributed by atoms with E-state index in [9.17, 15) is 0 Å². The van der Waals surface area contributed by atoms with E-state index in [0.29, 0.717) is 0 Å². The molecular formula is C12H18N4. The fraction of sp³-hybridized carbons (Fsp3) is 0.500. The summed E-state index contributed by atoms with van der Waals surface area (Å²) in [6.07, 6.45) is 3.19. The minimum absolute atomic E-state index is 0.739. The highest BCUT2D eigenvalue weighted by Gasteiger charge is 2.03. The van der Waals surface area contributed by atoms with Crippen molar-refractivity contribution in [2.75, 3.05) is 6.54 Å². The van der Waals surface area contributed by atoms with Gasteiger partial charge < -0.3 is 5.32 Å². The van der Waals surface area contributed by atoms with Crippen LogP contribution in [-0.2, 0) is 6.54 Å². The molecule has 0 aromatic carbocycles. The van der Waals surface area contributed by atoms with Crippen molar-refractivity contribution in [3.8, 4) is 0 Å². The minimum atomic E-state index is 0.739. The maximum atomic E-state index is 4.16. The van der Waals surface area contributed by atoms with Gasteiger partial charge in [-0.1, -0.05) is 19.9 Å². The van der Waals surface area contributed by atoms with Crippen LogP contribution in [0.4, 0.5) is 0 Å². The smallest absolute Gasteiger partial charge is 0.160 e. The molecule has 2 aromatic rings. The first kappa shape index (κ1) is 11.1. The van der Waals surface area contributed by atoms with Crippen molar-refractivity contribution >= 4 is 5.65 Å².